The summed E-state index contributed by atoms with van der Waals surface area (Å²) in [4.78, 5) is 4.63. The topological polar surface area (TPSA) is 32.5 Å². The zero-order chi connectivity index (χ0) is 13.1. The van der Waals surface area contributed by atoms with Gasteiger partial charge in [0.2, 0.25) is 0 Å². The Bertz CT molecular complexity index is 406. The number of nitrogen functional groups attached to an aromatic ring is 1. The zero-order valence-corrected chi connectivity index (χ0v) is 11.2. The van der Waals surface area contributed by atoms with Crippen LogP contribution in [0.5, 0.6) is 0 Å². The Kier molecular flexibility index (Phi) is 4.19. The monoisotopic (exact) mass is 251 g/mol. The van der Waals surface area contributed by atoms with Gasteiger partial charge in [-0.1, -0.05) is 0 Å². The van der Waals surface area contributed by atoms with Crippen molar-refractivity contribution in [2.45, 2.75) is 25.4 Å². The minimum atomic E-state index is -0.208. The number of hydrogen-bond acceptors (Lipinski definition) is 3. The van der Waals surface area contributed by atoms with Crippen molar-refractivity contribution in [2.24, 2.45) is 0 Å². The Labute approximate surface area is 108 Å². The highest BCUT2D eigenvalue weighted by molar-refractivity contribution is 5.46. The van der Waals surface area contributed by atoms with Gasteiger partial charge in [-0.05, 0) is 57.2 Å². The van der Waals surface area contributed by atoms with Crippen molar-refractivity contribution >= 4 is 5.69 Å². The molecule has 1 atom stereocenters. The minimum Gasteiger partial charge on any atom is -0.398 e. The highest BCUT2D eigenvalue weighted by Gasteiger charge is 2.21. The lowest BCUT2D eigenvalue weighted by molar-refractivity contribution is 0.128. The van der Waals surface area contributed by atoms with Gasteiger partial charge in [0, 0.05) is 24.8 Å². The Hall–Kier alpha value is -1.13. The van der Waals surface area contributed by atoms with Crippen LogP contribution in [0.3, 0.4) is 0 Å². The summed E-state index contributed by atoms with van der Waals surface area (Å²) < 4.78 is 13.2. The number of rotatable bonds is 3. The molecule has 0 radical (unpaired) electrons. The molecule has 2 rings (SSSR count). The molecule has 0 amide bonds. The molecule has 1 heterocycles. The van der Waals surface area contributed by atoms with E-state index in [9.17, 15) is 4.39 Å². The molecule has 0 aliphatic carbocycles. The van der Waals surface area contributed by atoms with E-state index in [0.717, 1.165) is 25.2 Å². The molecule has 0 saturated carbocycles. The van der Waals surface area contributed by atoms with Crippen molar-refractivity contribution in [1.82, 2.24) is 9.80 Å². The Morgan fingerprint density at radius 3 is 2.94 bits per heavy atom. The smallest absolute Gasteiger partial charge is 0.123 e. The molecule has 1 saturated heterocycles. The lowest BCUT2D eigenvalue weighted by Gasteiger charge is -2.36. The molecule has 1 unspecified atom stereocenters. The predicted molar refractivity (Wildman–Crippen MR) is 72.8 cm³/mol. The van der Waals surface area contributed by atoms with Crippen LogP contribution < -0.4 is 5.73 Å². The highest BCUT2D eigenvalue weighted by Crippen LogP contribution is 2.20. The Morgan fingerprint density at radius 1 is 1.44 bits per heavy atom. The first-order valence-corrected chi connectivity index (χ1v) is 6.49. The van der Waals surface area contributed by atoms with Crippen LogP contribution in [0.15, 0.2) is 18.2 Å². The second-order valence-electron chi connectivity index (χ2n) is 5.34. The minimum absolute atomic E-state index is 0.208. The summed E-state index contributed by atoms with van der Waals surface area (Å²) >= 11 is 0. The molecule has 1 aromatic carbocycles. The van der Waals surface area contributed by atoms with Crippen LogP contribution >= 0.6 is 0 Å². The van der Waals surface area contributed by atoms with Crippen molar-refractivity contribution in [3.8, 4) is 0 Å². The van der Waals surface area contributed by atoms with Crippen LogP contribution in [0.25, 0.3) is 0 Å². The van der Waals surface area contributed by atoms with E-state index in [4.69, 9.17) is 5.73 Å². The summed E-state index contributed by atoms with van der Waals surface area (Å²) in [5.41, 5.74) is 7.48. The van der Waals surface area contributed by atoms with Crippen LogP contribution in [0.2, 0.25) is 0 Å². The molecular formula is C14H22FN3. The molecule has 0 spiro atoms. The van der Waals surface area contributed by atoms with Crippen molar-refractivity contribution in [3.63, 3.8) is 0 Å². The van der Waals surface area contributed by atoms with E-state index in [0.29, 0.717) is 11.7 Å². The molecule has 0 bridgehead atoms. The van der Waals surface area contributed by atoms with E-state index in [1.165, 1.54) is 18.9 Å². The van der Waals surface area contributed by atoms with Crippen molar-refractivity contribution in [3.05, 3.63) is 29.6 Å². The molecule has 100 valence electrons. The van der Waals surface area contributed by atoms with Gasteiger partial charge in [-0.15, -0.1) is 0 Å². The maximum Gasteiger partial charge on any atom is 0.123 e. The lowest BCUT2D eigenvalue weighted by atomic mass is 10.0. The Morgan fingerprint density at radius 2 is 2.22 bits per heavy atom. The molecule has 1 aromatic rings. The summed E-state index contributed by atoms with van der Waals surface area (Å²) in [5, 5.41) is 0. The number of halogens is 1. The summed E-state index contributed by atoms with van der Waals surface area (Å²) in [7, 11) is 4.23. The van der Waals surface area contributed by atoms with Crippen LogP contribution in [-0.2, 0) is 6.54 Å². The fourth-order valence-electron chi connectivity index (χ4n) is 2.55. The molecule has 1 aliphatic rings. The maximum atomic E-state index is 13.2. The second kappa shape index (κ2) is 5.67. The normalized spacial score (nSPS) is 21.4. The standard InChI is InChI=1S/C14H22FN3/c1-17(2)13-4-3-7-18(10-13)9-11-8-12(15)5-6-14(11)16/h5-6,8,13H,3-4,7,9-10,16H2,1-2H3. The van der Waals surface area contributed by atoms with E-state index in [1.807, 2.05) is 0 Å². The molecular weight excluding hydrogens is 229 g/mol. The maximum absolute atomic E-state index is 13.2. The van der Waals surface area contributed by atoms with Crippen LogP contribution in [0, 0.1) is 5.82 Å². The Balaban J connectivity index is 2.02. The van der Waals surface area contributed by atoms with Gasteiger partial charge in [0.1, 0.15) is 5.82 Å². The third-order valence-corrected chi connectivity index (χ3v) is 3.71. The third-order valence-electron chi connectivity index (χ3n) is 3.71. The van der Waals surface area contributed by atoms with Gasteiger partial charge in [0.15, 0.2) is 0 Å². The average Bonchev–Trinajstić information content (AvgIpc) is 2.34. The average molecular weight is 251 g/mol. The van der Waals surface area contributed by atoms with Gasteiger partial charge in [-0.3, -0.25) is 4.90 Å². The fourth-order valence-corrected chi connectivity index (χ4v) is 2.55. The lowest BCUT2D eigenvalue weighted by Crippen LogP contribution is -2.44. The van der Waals surface area contributed by atoms with Gasteiger partial charge in [0.25, 0.3) is 0 Å². The number of likely N-dealkylation sites (tertiary alicyclic amines) is 1. The van der Waals surface area contributed by atoms with Crippen LogP contribution in [0.4, 0.5) is 10.1 Å². The number of nitrogens with two attached hydrogens (primary N) is 1. The van der Waals surface area contributed by atoms with E-state index in [2.05, 4.69) is 23.9 Å². The number of nitrogens with zero attached hydrogens (tertiary/aromatic N) is 2. The van der Waals surface area contributed by atoms with E-state index >= 15 is 0 Å². The molecule has 0 aromatic heterocycles. The zero-order valence-electron chi connectivity index (χ0n) is 11.2. The number of anilines is 1. The van der Waals surface area contributed by atoms with Crippen molar-refractivity contribution < 1.29 is 4.39 Å². The van der Waals surface area contributed by atoms with Crippen molar-refractivity contribution in [1.29, 1.82) is 0 Å². The summed E-state index contributed by atoms with van der Waals surface area (Å²) in [6.45, 7) is 2.84. The summed E-state index contributed by atoms with van der Waals surface area (Å²) in [6, 6.07) is 5.21. The SMILES string of the molecule is CN(C)C1CCCN(Cc2cc(F)ccc2N)C1. The molecule has 4 heteroatoms. The second-order valence-corrected chi connectivity index (χ2v) is 5.34. The van der Waals surface area contributed by atoms with E-state index in [1.54, 1.807) is 12.1 Å². The number of benzene rings is 1. The van der Waals surface area contributed by atoms with Gasteiger partial charge < -0.3 is 10.6 Å². The molecule has 3 nitrogen and oxygen atoms in total. The van der Waals surface area contributed by atoms with Crippen LogP contribution in [-0.4, -0.2) is 43.0 Å². The van der Waals surface area contributed by atoms with Gasteiger partial charge in [-0.2, -0.15) is 0 Å². The summed E-state index contributed by atoms with van der Waals surface area (Å²) in [5.74, 6) is -0.208. The molecule has 1 fully saturated rings. The van der Waals surface area contributed by atoms with Gasteiger partial charge in [0.05, 0.1) is 0 Å². The van der Waals surface area contributed by atoms with Gasteiger partial charge >= 0.3 is 0 Å². The van der Waals surface area contributed by atoms with Crippen molar-refractivity contribution in [2.75, 3.05) is 32.9 Å². The molecule has 18 heavy (non-hydrogen) atoms. The predicted octanol–water partition coefficient (Wildman–Crippen LogP) is 1.93. The number of hydrogen-bond donors (Lipinski definition) is 1. The van der Waals surface area contributed by atoms with Crippen LogP contribution in [0.1, 0.15) is 18.4 Å². The number of likely N-dealkylation sites (N-methyl/N-ethyl adjacent to an activating group) is 1. The molecule has 2 N–H and O–H groups in total. The highest BCUT2D eigenvalue weighted by atomic mass is 19.1. The largest absolute Gasteiger partial charge is 0.398 e. The molecule has 1 aliphatic heterocycles. The van der Waals surface area contributed by atoms with E-state index in [-0.39, 0.29) is 5.82 Å². The number of piperidine rings is 1. The first kappa shape index (κ1) is 13.3. The fraction of sp³-hybridized carbons (Fsp3) is 0.571. The van der Waals surface area contributed by atoms with Gasteiger partial charge in [-0.25, -0.2) is 4.39 Å². The third kappa shape index (κ3) is 3.21. The first-order chi connectivity index (χ1) is 8.56. The quantitative estimate of drug-likeness (QED) is 0.833. The summed E-state index contributed by atoms with van der Waals surface area (Å²) in [6.07, 6.45) is 2.43. The first-order valence-electron chi connectivity index (χ1n) is 6.49. The van der Waals surface area contributed by atoms with E-state index < -0.39 is 0 Å².